The molecule has 0 saturated heterocycles. The van der Waals surface area contributed by atoms with Gasteiger partial charge in [-0.05, 0) is 48.9 Å². The van der Waals surface area contributed by atoms with Crippen LogP contribution in [0.2, 0.25) is 0 Å². The summed E-state index contributed by atoms with van der Waals surface area (Å²) in [5.41, 5.74) is 2.92. The lowest BCUT2D eigenvalue weighted by molar-refractivity contribution is 0.0928. The second-order valence-corrected chi connectivity index (χ2v) is 5.62. The fraction of sp³-hybridized carbons (Fsp3) is 0.533. The summed E-state index contributed by atoms with van der Waals surface area (Å²) in [6, 6.07) is 5.71. The number of hydrogen-bond donors (Lipinski definition) is 2. The highest BCUT2D eigenvalue weighted by atomic mass is 16.3. The normalized spacial score (nSPS) is 11.4. The van der Waals surface area contributed by atoms with E-state index in [1.165, 1.54) is 5.56 Å². The molecule has 3 nitrogen and oxygen atoms in total. The van der Waals surface area contributed by atoms with Crippen molar-refractivity contribution < 1.29 is 9.90 Å². The van der Waals surface area contributed by atoms with Crippen LogP contribution in [0.5, 0.6) is 0 Å². The number of aliphatic hydroxyl groups is 1. The standard InChI is InChI=1S/C15H23NO2/c1-11-5-6-13(9-12(11)2)14(18)16-10-15(3,4)7-8-17/h5-6,9,17H,7-8,10H2,1-4H3,(H,16,18). The molecule has 0 aliphatic rings. The molecule has 0 radical (unpaired) electrons. The zero-order valence-corrected chi connectivity index (χ0v) is 11.7. The second-order valence-electron chi connectivity index (χ2n) is 5.62. The number of nitrogens with one attached hydrogen (secondary N) is 1. The molecular weight excluding hydrogens is 226 g/mol. The average Bonchev–Trinajstić information content (AvgIpc) is 2.30. The average molecular weight is 249 g/mol. The van der Waals surface area contributed by atoms with Crippen molar-refractivity contribution >= 4 is 5.91 Å². The maximum Gasteiger partial charge on any atom is 0.251 e. The minimum Gasteiger partial charge on any atom is -0.396 e. The number of carbonyl (C=O) groups excluding carboxylic acids is 1. The molecule has 0 aromatic heterocycles. The maximum absolute atomic E-state index is 12.0. The lowest BCUT2D eigenvalue weighted by Gasteiger charge is -2.23. The van der Waals surface area contributed by atoms with Crippen molar-refractivity contribution in [2.75, 3.05) is 13.2 Å². The van der Waals surface area contributed by atoms with Gasteiger partial charge in [-0.15, -0.1) is 0 Å². The van der Waals surface area contributed by atoms with Crippen LogP contribution in [0.25, 0.3) is 0 Å². The minimum absolute atomic E-state index is 0.0517. The lowest BCUT2D eigenvalue weighted by Crippen LogP contribution is -2.34. The van der Waals surface area contributed by atoms with Crippen LogP contribution in [-0.4, -0.2) is 24.2 Å². The van der Waals surface area contributed by atoms with Gasteiger partial charge < -0.3 is 10.4 Å². The molecule has 1 aromatic rings. The number of rotatable bonds is 5. The summed E-state index contributed by atoms with van der Waals surface area (Å²) in [6.45, 7) is 8.81. The largest absolute Gasteiger partial charge is 0.396 e. The fourth-order valence-corrected chi connectivity index (χ4v) is 1.70. The first-order valence-corrected chi connectivity index (χ1v) is 6.32. The molecule has 0 bridgehead atoms. The smallest absolute Gasteiger partial charge is 0.251 e. The molecule has 1 aromatic carbocycles. The molecule has 3 heteroatoms. The van der Waals surface area contributed by atoms with Gasteiger partial charge in [0.25, 0.3) is 5.91 Å². The number of benzene rings is 1. The van der Waals surface area contributed by atoms with E-state index in [4.69, 9.17) is 5.11 Å². The van der Waals surface area contributed by atoms with Crippen LogP contribution in [0, 0.1) is 19.3 Å². The Labute approximate surface area is 109 Å². The van der Waals surface area contributed by atoms with Crippen LogP contribution in [0.3, 0.4) is 0 Å². The van der Waals surface area contributed by atoms with E-state index in [0.29, 0.717) is 18.5 Å². The van der Waals surface area contributed by atoms with Gasteiger partial charge >= 0.3 is 0 Å². The van der Waals surface area contributed by atoms with Gasteiger partial charge in [-0.1, -0.05) is 19.9 Å². The van der Waals surface area contributed by atoms with Crippen molar-refractivity contribution in [2.24, 2.45) is 5.41 Å². The first-order valence-electron chi connectivity index (χ1n) is 6.32. The molecule has 2 N–H and O–H groups in total. The van der Waals surface area contributed by atoms with Crippen molar-refractivity contribution in [1.29, 1.82) is 0 Å². The third kappa shape index (κ3) is 4.15. The van der Waals surface area contributed by atoms with Gasteiger partial charge in [0.1, 0.15) is 0 Å². The summed E-state index contributed by atoms with van der Waals surface area (Å²) in [5.74, 6) is -0.0517. The number of carbonyl (C=O) groups is 1. The molecule has 1 rings (SSSR count). The van der Waals surface area contributed by atoms with Crippen LogP contribution < -0.4 is 5.32 Å². The Morgan fingerprint density at radius 3 is 2.50 bits per heavy atom. The third-order valence-electron chi connectivity index (χ3n) is 3.29. The molecule has 18 heavy (non-hydrogen) atoms. The topological polar surface area (TPSA) is 49.3 Å². The molecule has 0 unspecified atom stereocenters. The summed E-state index contributed by atoms with van der Waals surface area (Å²) in [4.78, 5) is 12.0. The zero-order valence-electron chi connectivity index (χ0n) is 11.7. The van der Waals surface area contributed by atoms with Crippen LogP contribution in [0.4, 0.5) is 0 Å². The highest BCUT2D eigenvalue weighted by Crippen LogP contribution is 2.18. The van der Waals surface area contributed by atoms with Crippen LogP contribution in [0.15, 0.2) is 18.2 Å². The van der Waals surface area contributed by atoms with E-state index in [0.717, 1.165) is 5.56 Å². The molecule has 100 valence electrons. The van der Waals surface area contributed by atoms with Gasteiger partial charge in [0.2, 0.25) is 0 Å². The summed E-state index contributed by atoms with van der Waals surface area (Å²) in [6.07, 6.45) is 0.681. The second kappa shape index (κ2) is 6.01. The van der Waals surface area contributed by atoms with E-state index in [1.54, 1.807) is 0 Å². The van der Waals surface area contributed by atoms with Gasteiger partial charge in [0.05, 0.1) is 0 Å². The molecular formula is C15H23NO2. The van der Waals surface area contributed by atoms with E-state index in [9.17, 15) is 4.79 Å². The Morgan fingerprint density at radius 2 is 1.94 bits per heavy atom. The van der Waals surface area contributed by atoms with Crippen LogP contribution >= 0.6 is 0 Å². The van der Waals surface area contributed by atoms with Crippen molar-refractivity contribution in [3.05, 3.63) is 34.9 Å². The Morgan fingerprint density at radius 1 is 1.28 bits per heavy atom. The fourth-order valence-electron chi connectivity index (χ4n) is 1.70. The molecule has 0 spiro atoms. The van der Waals surface area contributed by atoms with E-state index >= 15 is 0 Å². The summed E-state index contributed by atoms with van der Waals surface area (Å²) in [5, 5.41) is 11.9. The number of amides is 1. The van der Waals surface area contributed by atoms with E-state index < -0.39 is 0 Å². The summed E-state index contributed by atoms with van der Waals surface area (Å²) < 4.78 is 0. The predicted octanol–water partition coefficient (Wildman–Crippen LogP) is 2.44. The first kappa shape index (κ1) is 14.7. The molecule has 0 atom stereocenters. The molecule has 0 aliphatic carbocycles. The highest BCUT2D eigenvalue weighted by Gasteiger charge is 2.18. The Hall–Kier alpha value is -1.35. The van der Waals surface area contributed by atoms with Crippen molar-refractivity contribution in [3.8, 4) is 0 Å². The lowest BCUT2D eigenvalue weighted by atomic mass is 9.89. The number of hydrogen-bond acceptors (Lipinski definition) is 2. The van der Waals surface area contributed by atoms with Gasteiger partial charge in [0, 0.05) is 18.7 Å². The third-order valence-corrected chi connectivity index (χ3v) is 3.29. The Balaban J connectivity index is 2.63. The Kier molecular flexibility index (Phi) is 4.91. The minimum atomic E-state index is -0.0792. The first-order chi connectivity index (χ1) is 8.35. The summed E-state index contributed by atoms with van der Waals surface area (Å²) >= 11 is 0. The van der Waals surface area contributed by atoms with E-state index in [-0.39, 0.29) is 17.9 Å². The van der Waals surface area contributed by atoms with Crippen LogP contribution in [-0.2, 0) is 0 Å². The van der Waals surface area contributed by atoms with E-state index in [2.05, 4.69) is 5.32 Å². The molecule has 0 fully saturated rings. The molecule has 0 saturated carbocycles. The van der Waals surface area contributed by atoms with Gasteiger partial charge in [-0.25, -0.2) is 0 Å². The summed E-state index contributed by atoms with van der Waals surface area (Å²) in [7, 11) is 0. The quantitative estimate of drug-likeness (QED) is 0.842. The van der Waals surface area contributed by atoms with Crippen LogP contribution in [0.1, 0.15) is 41.8 Å². The zero-order chi connectivity index (χ0) is 13.8. The van der Waals surface area contributed by atoms with Crippen molar-refractivity contribution in [1.82, 2.24) is 5.32 Å². The molecule has 0 heterocycles. The monoisotopic (exact) mass is 249 g/mol. The number of aliphatic hydroxyl groups excluding tert-OH is 1. The van der Waals surface area contributed by atoms with Crippen molar-refractivity contribution in [3.63, 3.8) is 0 Å². The van der Waals surface area contributed by atoms with Crippen molar-refractivity contribution in [2.45, 2.75) is 34.1 Å². The predicted molar refractivity (Wildman–Crippen MR) is 73.7 cm³/mol. The SMILES string of the molecule is Cc1ccc(C(=O)NCC(C)(C)CCO)cc1C. The van der Waals surface area contributed by atoms with E-state index in [1.807, 2.05) is 45.9 Å². The van der Waals surface area contributed by atoms with Gasteiger partial charge in [0.15, 0.2) is 0 Å². The molecule has 1 amide bonds. The van der Waals surface area contributed by atoms with Gasteiger partial charge in [-0.3, -0.25) is 4.79 Å². The molecule has 0 aliphatic heterocycles. The maximum atomic E-state index is 12.0. The number of aryl methyl sites for hydroxylation is 2. The van der Waals surface area contributed by atoms with Gasteiger partial charge in [-0.2, -0.15) is 0 Å². The Bertz CT molecular complexity index is 425. The highest BCUT2D eigenvalue weighted by molar-refractivity contribution is 5.94.